The van der Waals surface area contributed by atoms with E-state index in [-0.39, 0.29) is 5.41 Å². The molecule has 0 saturated carbocycles. The van der Waals surface area contributed by atoms with Gasteiger partial charge in [-0.2, -0.15) is 0 Å². The van der Waals surface area contributed by atoms with Crippen LogP contribution in [0, 0.1) is 11.3 Å². The van der Waals surface area contributed by atoms with Gasteiger partial charge in [0.15, 0.2) is 5.82 Å². The third-order valence-electron chi connectivity index (χ3n) is 3.30. The molecule has 0 radical (unpaired) electrons. The van der Waals surface area contributed by atoms with Gasteiger partial charge in [-0.05, 0) is 21.8 Å². The van der Waals surface area contributed by atoms with Crippen molar-refractivity contribution in [1.82, 2.24) is 25.5 Å². The monoisotopic (exact) mass is 255 g/mol. The highest BCUT2D eigenvalue weighted by Crippen LogP contribution is 2.26. The Morgan fingerprint density at radius 2 is 2.11 bits per heavy atom. The number of hydrogen-bond donors (Lipinski definition) is 1. The van der Waals surface area contributed by atoms with Crippen LogP contribution in [0.5, 0.6) is 0 Å². The number of methoxy groups -OCH3 is 1. The van der Waals surface area contributed by atoms with Gasteiger partial charge in [0.2, 0.25) is 0 Å². The summed E-state index contributed by atoms with van der Waals surface area (Å²) in [7, 11) is 1.69. The van der Waals surface area contributed by atoms with E-state index < -0.39 is 0 Å². The second-order valence-corrected chi connectivity index (χ2v) is 5.71. The first kappa shape index (κ1) is 15.0. The third kappa shape index (κ3) is 4.70. The van der Waals surface area contributed by atoms with Crippen molar-refractivity contribution < 1.29 is 4.74 Å². The Morgan fingerprint density at radius 1 is 1.39 bits per heavy atom. The average molecular weight is 255 g/mol. The second-order valence-electron chi connectivity index (χ2n) is 5.71. The van der Waals surface area contributed by atoms with Crippen molar-refractivity contribution in [2.45, 2.75) is 40.8 Å². The lowest BCUT2D eigenvalue weighted by Crippen LogP contribution is -2.26. The zero-order chi connectivity index (χ0) is 13.6. The van der Waals surface area contributed by atoms with Crippen LogP contribution in [0.4, 0.5) is 0 Å². The molecule has 0 aromatic carbocycles. The van der Waals surface area contributed by atoms with Crippen LogP contribution in [0.15, 0.2) is 0 Å². The maximum absolute atomic E-state index is 4.98. The molecular formula is C12H25N5O. The van der Waals surface area contributed by atoms with Crippen molar-refractivity contribution >= 4 is 0 Å². The number of nitrogens with one attached hydrogen (secondary N) is 1. The standard InChI is InChI=1S/C12H25N5O/c1-10(12(2,3)4)9-17-11(14-15-16-17)8-13-6-7-18-5/h10,13H,6-9H2,1-5H3. The summed E-state index contributed by atoms with van der Waals surface area (Å²) in [5, 5.41) is 15.1. The van der Waals surface area contributed by atoms with E-state index in [9.17, 15) is 0 Å². The van der Waals surface area contributed by atoms with Gasteiger partial charge in [-0.3, -0.25) is 0 Å². The summed E-state index contributed by atoms with van der Waals surface area (Å²) in [6, 6.07) is 0. The second kappa shape index (κ2) is 6.80. The predicted octanol–water partition coefficient (Wildman–Crippen LogP) is 1.09. The van der Waals surface area contributed by atoms with Gasteiger partial charge >= 0.3 is 0 Å². The molecule has 0 bridgehead atoms. The summed E-state index contributed by atoms with van der Waals surface area (Å²) in [6.45, 7) is 11.9. The first-order valence-electron chi connectivity index (χ1n) is 6.40. The highest BCUT2D eigenvalue weighted by atomic mass is 16.5. The highest BCUT2D eigenvalue weighted by molar-refractivity contribution is 4.82. The summed E-state index contributed by atoms with van der Waals surface area (Å²) in [6.07, 6.45) is 0. The number of hydrogen-bond acceptors (Lipinski definition) is 5. The van der Waals surface area contributed by atoms with Gasteiger partial charge in [-0.25, -0.2) is 4.68 Å². The molecule has 1 aromatic rings. The van der Waals surface area contributed by atoms with Crippen LogP contribution >= 0.6 is 0 Å². The maximum Gasteiger partial charge on any atom is 0.165 e. The molecular weight excluding hydrogens is 230 g/mol. The Hall–Kier alpha value is -1.01. The van der Waals surface area contributed by atoms with E-state index >= 15 is 0 Å². The molecule has 1 atom stereocenters. The van der Waals surface area contributed by atoms with Crippen LogP contribution in [0.1, 0.15) is 33.5 Å². The molecule has 1 aromatic heterocycles. The molecule has 0 spiro atoms. The van der Waals surface area contributed by atoms with Crippen LogP contribution in [-0.4, -0.2) is 40.5 Å². The number of tetrazole rings is 1. The Bertz CT molecular complexity index is 344. The van der Waals surface area contributed by atoms with Gasteiger partial charge in [0.05, 0.1) is 13.2 Å². The highest BCUT2D eigenvalue weighted by Gasteiger charge is 2.21. The number of aromatic nitrogens is 4. The maximum atomic E-state index is 4.98. The van der Waals surface area contributed by atoms with E-state index in [0.717, 1.165) is 18.9 Å². The smallest absolute Gasteiger partial charge is 0.165 e. The third-order valence-corrected chi connectivity index (χ3v) is 3.30. The van der Waals surface area contributed by atoms with Gasteiger partial charge in [-0.1, -0.05) is 27.7 Å². The van der Waals surface area contributed by atoms with Crippen molar-refractivity contribution in [1.29, 1.82) is 0 Å². The topological polar surface area (TPSA) is 64.9 Å². The molecule has 1 rings (SSSR count). The van der Waals surface area contributed by atoms with Crippen molar-refractivity contribution in [2.75, 3.05) is 20.3 Å². The minimum Gasteiger partial charge on any atom is -0.383 e. The molecule has 1 unspecified atom stereocenters. The normalized spacial score (nSPS) is 13.8. The summed E-state index contributed by atoms with van der Waals surface area (Å²) >= 11 is 0. The molecule has 0 aliphatic heterocycles. The van der Waals surface area contributed by atoms with Crippen molar-refractivity contribution in [2.24, 2.45) is 11.3 Å². The fraction of sp³-hybridized carbons (Fsp3) is 0.917. The van der Waals surface area contributed by atoms with E-state index in [1.54, 1.807) is 7.11 Å². The lowest BCUT2D eigenvalue weighted by Gasteiger charge is -2.27. The summed E-state index contributed by atoms with van der Waals surface area (Å²) in [5.74, 6) is 1.39. The first-order chi connectivity index (χ1) is 8.45. The van der Waals surface area contributed by atoms with Crippen LogP contribution in [-0.2, 0) is 17.8 Å². The van der Waals surface area contributed by atoms with Gasteiger partial charge in [0.25, 0.3) is 0 Å². The van der Waals surface area contributed by atoms with E-state index in [1.165, 1.54) is 0 Å². The molecule has 6 heteroatoms. The molecule has 0 amide bonds. The minimum atomic E-state index is 0.257. The molecule has 18 heavy (non-hydrogen) atoms. The SMILES string of the molecule is COCCNCc1nnnn1CC(C)C(C)(C)C. The molecule has 0 aliphatic rings. The average Bonchev–Trinajstić information content (AvgIpc) is 2.71. The Balaban J connectivity index is 2.49. The number of nitrogens with zero attached hydrogens (tertiary/aromatic N) is 4. The fourth-order valence-corrected chi connectivity index (χ4v) is 1.40. The van der Waals surface area contributed by atoms with E-state index in [2.05, 4.69) is 48.5 Å². The summed E-state index contributed by atoms with van der Waals surface area (Å²) in [5.41, 5.74) is 0.257. The van der Waals surface area contributed by atoms with E-state index in [4.69, 9.17) is 4.74 Å². The van der Waals surface area contributed by atoms with Gasteiger partial charge in [0, 0.05) is 20.2 Å². The Morgan fingerprint density at radius 3 is 2.72 bits per heavy atom. The van der Waals surface area contributed by atoms with Crippen molar-refractivity contribution in [3.05, 3.63) is 5.82 Å². The largest absolute Gasteiger partial charge is 0.383 e. The van der Waals surface area contributed by atoms with Crippen LogP contribution < -0.4 is 5.32 Å². The lowest BCUT2D eigenvalue weighted by atomic mass is 9.82. The number of ether oxygens (including phenoxy) is 1. The molecule has 0 aliphatic carbocycles. The molecule has 6 nitrogen and oxygen atoms in total. The quantitative estimate of drug-likeness (QED) is 0.739. The van der Waals surface area contributed by atoms with E-state index in [1.807, 2.05) is 4.68 Å². The van der Waals surface area contributed by atoms with Crippen LogP contribution in [0.3, 0.4) is 0 Å². The molecule has 0 fully saturated rings. The molecule has 1 N–H and O–H groups in total. The fourth-order valence-electron chi connectivity index (χ4n) is 1.40. The molecule has 1 heterocycles. The van der Waals surface area contributed by atoms with Crippen LogP contribution in [0.2, 0.25) is 0 Å². The van der Waals surface area contributed by atoms with Crippen molar-refractivity contribution in [3.8, 4) is 0 Å². The number of rotatable bonds is 7. The van der Waals surface area contributed by atoms with Crippen molar-refractivity contribution in [3.63, 3.8) is 0 Å². The van der Waals surface area contributed by atoms with Gasteiger partial charge < -0.3 is 10.1 Å². The Labute approximate surface area is 109 Å². The van der Waals surface area contributed by atoms with Gasteiger partial charge in [0.1, 0.15) is 0 Å². The molecule has 0 saturated heterocycles. The Kier molecular flexibility index (Phi) is 5.68. The van der Waals surface area contributed by atoms with Gasteiger partial charge in [-0.15, -0.1) is 5.10 Å². The first-order valence-corrected chi connectivity index (χ1v) is 6.40. The van der Waals surface area contributed by atoms with E-state index in [0.29, 0.717) is 19.1 Å². The zero-order valence-electron chi connectivity index (χ0n) is 12.1. The zero-order valence-corrected chi connectivity index (χ0v) is 12.1. The predicted molar refractivity (Wildman–Crippen MR) is 70.0 cm³/mol. The lowest BCUT2D eigenvalue weighted by molar-refractivity contribution is 0.198. The van der Waals surface area contributed by atoms with Crippen LogP contribution in [0.25, 0.3) is 0 Å². The minimum absolute atomic E-state index is 0.257. The molecule has 104 valence electrons. The summed E-state index contributed by atoms with van der Waals surface area (Å²) in [4.78, 5) is 0. The summed E-state index contributed by atoms with van der Waals surface area (Å²) < 4.78 is 6.86.